The van der Waals surface area contributed by atoms with Gasteiger partial charge in [0.15, 0.2) is 0 Å². The molecule has 6 nitrogen and oxygen atoms in total. The molecule has 0 radical (unpaired) electrons. The summed E-state index contributed by atoms with van der Waals surface area (Å²) in [5.74, 6) is -2.40. The van der Waals surface area contributed by atoms with Crippen LogP contribution in [-0.2, 0) is 11.3 Å². The lowest BCUT2D eigenvalue weighted by atomic mass is 9.94. The van der Waals surface area contributed by atoms with Crippen LogP contribution in [0.5, 0.6) is 0 Å². The number of carbonyl (C=O) groups excluding carboxylic acids is 1. The molecule has 40 heavy (non-hydrogen) atoms. The van der Waals surface area contributed by atoms with Gasteiger partial charge in [0, 0.05) is 29.8 Å². The van der Waals surface area contributed by atoms with Crippen molar-refractivity contribution >= 4 is 35.3 Å². The Hall–Kier alpha value is -4.24. The molecule has 0 spiro atoms. The SMILES string of the molecule is CSC(C)C[C@H](NC(=O)c1ccc(C=C(Cn2ccnc2)c2ccc(F)cc2)cc1-c1ccc(F)cc1)C(=O)O. The molecule has 9 heteroatoms. The predicted molar refractivity (Wildman–Crippen MR) is 155 cm³/mol. The Bertz CT molecular complexity index is 1490. The summed E-state index contributed by atoms with van der Waals surface area (Å²) in [5.41, 5.74) is 3.83. The van der Waals surface area contributed by atoms with Crippen molar-refractivity contribution in [2.24, 2.45) is 0 Å². The van der Waals surface area contributed by atoms with E-state index in [2.05, 4.69) is 10.3 Å². The number of thioether (sulfide) groups is 1. The molecule has 3 aromatic carbocycles. The fourth-order valence-electron chi connectivity index (χ4n) is 4.27. The number of aromatic nitrogens is 2. The molecule has 4 aromatic rings. The number of rotatable bonds is 11. The molecule has 1 amide bonds. The summed E-state index contributed by atoms with van der Waals surface area (Å²) < 4.78 is 29.3. The number of amides is 1. The zero-order valence-corrected chi connectivity index (χ0v) is 22.9. The Balaban J connectivity index is 1.76. The Morgan fingerprint density at radius 1 is 1.05 bits per heavy atom. The minimum Gasteiger partial charge on any atom is -0.480 e. The maximum Gasteiger partial charge on any atom is 0.326 e. The molecule has 1 aromatic heterocycles. The van der Waals surface area contributed by atoms with Crippen LogP contribution in [0.2, 0.25) is 0 Å². The maximum atomic E-state index is 13.7. The van der Waals surface area contributed by atoms with E-state index in [0.717, 1.165) is 16.7 Å². The Morgan fingerprint density at radius 3 is 2.33 bits per heavy atom. The van der Waals surface area contributed by atoms with Crippen molar-refractivity contribution in [1.29, 1.82) is 0 Å². The summed E-state index contributed by atoms with van der Waals surface area (Å²) in [6.07, 6.45) is 9.27. The standard InChI is InChI=1S/C31H29F2N3O3S/c1-20(40-2)15-29(31(38)39)35-30(37)27-12-3-21(17-28(27)23-6-10-26(33)11-7-23)16-24(18-36-14-13-34-19-36)22-4-8-25(32)9-5-22/h3-14,16-17,19-20,29H,15,18H2,1-2H3,(H,35,37)(H,38,39)/t20?,29-/m0/s1. The average Bonchev–Trinajstić information content (AvgIpc) is 3.46. The molecule has 206 valence electrons. The van der Waals surface area contributed by atoms with Crippen LogP contribution in [0.1, 0.15) is 34.8 Å². The highest BCUT2D eigenvalue weighted by Gasteiger charge is 2.24. The smallest absolute Gasteiger partial charge is 0.326 e. The maximum absolute atomic E-state index is 13.7. The summed E-state index contributed by atoms with van der Waals surface area (Å²) >= 11 is 1.52. The summed E-state index contributed by atoms with van der Waals surface area (Å²) in [6, 6.07) is 16.1. The normalized spacial score (nSPS) is 13.1. The van der Waals surface area contributed by atoms with Crippen molar-refractivity contribution in [2.45, 2.75) is 31.2 Å². The third kappa shape index (κ3) is 7.45. The zero-order valence-electron chi connectivity index (χ0n) is 22.1. The molecule has 0 aliphatic carbocycles. The molecule has 2 atom stereocenters. The quantitative estimate of drug-likeness (QED) is 0.207. The van der Waals surface area contributed by atoms with E-state index in [-0.39, 0.29) is 23.1 Å². The molecule has 2 N–H and O–H groups in total. The first-order valence-corrected chi connectivity index (χ1v) is 13.9. The fourth-order valence-corrected chi connectivity index (χ4v) is 4.65. The number of benzene rings is 3. The third-order valence-electron chi connectivity index (χ3n) is 6.48. The average molecular weight is 562 g/mol. The molecule has 0 aliphatic rings. The van der Waals surface area contributed by atoms with Gasteiger partial charge in [0.2, 0.25) is 0 Å². The van der Waals surface area contributed by atoms with Crippen molar-refractivity contribution < 1.29 is 23.5 Å². The van der Waals surface area contributed by atoms with E-state index in [9.17, 15) is 23.5 Å². The first kappa shape index (κ1) is 28.8. The number of imidazole rings is 1. The summed E-state index contributed by atoms with van der Waals surface area (Å²) in [4.78, 5) is 29.3. The zero-order chi connectivity index (χ0) is 28.6. The number of carboxylic acid groups (broad SMARTS) is 1. The van der Waals surface area contributed by atoms with Gasteiger partial charge in [-0.2, -0.15) is 11.8 Å². The highest BCUT2D eigenvalue weighted by atomic mass is 32.2. The Labute approximate surface area is 235 Å². The summed E-state index contributed by atoms with van der Waals surface area (Å²) in [6.45, 7) is 2.37. The predicted octanol–water partition coefficient (Wildman–Crippen LogP) is 6.39. The summed E-state index contributed by atoms with van der Waals surface area (Å²) in [7, 11) is 0. The van der Waals surface area contributed by atoms with E-state index in [1.165, 1.54) is 36.0 Å². The molecular formula is C31H29F2N3O3S. The van der Waals surface area contributed by atoms with Crippen molar-refractivity contribution in [3.05, 3.63) is 114 Å². The largest absolute Gasteiger partial charge is 0.480 e. The van der Waals surface area contributed by atoms with Crippen LogP contribution in [0, 0.1) is 11.6 Å². The number of allylic oxidation sites excluding steroid dienone is 1. The number of carboxylic acids is 1. The first-order valence-electron chi connectivity index (χ1n) is 12.6. The molecule has 0 saturated carbocycles. The minimum atomic E-state index is -1.11. The molecule has 1 unspecified atom stereocenters. The lowest BCUT2D eigenvalue weighted by molar-refractivity contribution is -0.139. The van der Waals surface area contributed by atoms with Gasteiger partial charge >= 0.3 is 5.97 Å². The number of carbonyl (C=O) groups is 2. The summed E-state index contributed by atoms with van der Waals surface area (Å²) in [5, 5.41) is 12.4. The minimum absolute atomic E-state index is 0.0332. The molecule has 4 rings (SSSR count). The molecule has 1 heterocycles. The lowest BCUT2D eigenvalue weighted by Gasteiger charge is -2.19. The first-order chi connectivity index (χ1) is 19.2. The van der Waals surface area contributed by atoms with Crippen LogP contribution in [0.15, 0.2) is 85.5 Å². The second kappa shape index (κ2) is 13.2. The second-order valence-electron chi connectivity index (χ2n) is 9.37. The number of hydrogen-bond acceptors (Lipinski definition) is 4. The van der Waals surface area contributed by atoms with E-state index in [1.54, 1.807) is 55.0 Å². The number of hydrogen-bond donors (Lipinski definition) is 2. The van der Waals surface area contributed by atoms with Crippen LogP contribution in [0.25, 0.3) is 22.8 Å². The van der Waals surface area contributed by atoms with Gasteiger partial charge in [-0.1, -0.05) is 37.3 Å². The number of nitrogens with zero attached hydrogens (tertiary/aromatic N) is 2. The highest BCUT2D eigenvalue weighted by molar-refractivity contribution is 7.99. The monoisotopic (exact) mass is 561 g/mol. The van der Waals surface area contributed by atoms with E-state index >= 15 is 0 Å². The van der Waals surface area contributed by atoms with E-state index in [4.69, 9.17) is 0 Å². The number of halogens is 2. The van der Waals surface area contributed by atoms with Gasteiger partial charge in [-0.25, -0.2) is 18.6 Å². The van der Waals surface area contributed by atoms with E-state index in [0.29, 0.717) is 17.7 Å². The van der Waals surface area contributed by atoms with Gasteiger partial charge in [-0.3, -0.25) is 4.79 Å². The van der Waals surface area contributed by atoms with Gasteiger partial charge in [-0.15, -0.1) is 0 Å². The van der Waals surface area contributed by atoms with Gasteiger partial charge in [0.1, 0.15) is 17.7 Å². The van der Waals surface area contributed by atoms with Crippen molar-refractivity contribution in [1.82, 2.24) is 14.9 Å². The third-order valence-corrected chi connectivity index (χ3v) is 7.48. The van der Waals surface area contributed by atoms with Gasteiger partial charge in [-0.05, 0) is 83.0 Å². The van der Waals surface area contributed by atoms with Crippen molar-refractivity contribution in [3.8, 4) is 11.1 Å². The molecule has 0 bridgehead atoms. The number of aliphatic carboxylic acids is 1. The fraction of sp³-hybridized carbons (Fsp3) is 0.194. The molecule has 0 saturated heterocycles. The Kier molecular flexibility index (Phi) is 9.50. The van der Waals surface area contributed by atoms with Crippen LogP contribution >= 0.6 is 11.8 Å². The molecule has 0 aliphatic heterocycles. The number of nitrogens with one attached hydrogen (secondary N) is 1. The van der Waals surface area contributed by atoms with Gasteiger partial charge in [0.25, 0.3) is 5.91 Å². The molecule has 0 fully saturated rings. The van der Waals surface area contributed by atoms with E-state index < -0.39 is 23.7 Å². The van der Waals surface area contributed by atoms with Crippen molar-refractivity contribution in [3.63, 3.8) is 0 Å². The van der Waals surface area contributed by atoms with Gasteiger partial charge < -0.3 is 15.0 Å². The van der Waals surface area contributed by atoms with Crippen LogP contribution < -0.4 is 5.32 Å². The highest BCUT2D eigenvalue weighted by Crippen LogP contribution is 2.29. The van der Waals surface area contributed by atoms with E-state index in [1.807, 2.05) is 30.0 Å². The second-order valence-corrected chi connectivity index (χ2v) is 10.6. The van der Waals surface area contributed by atoms with Gasteiger partial charge in [0.05, 0.1) is 6.33 Å². The Morgan fingerprint density at radius 2 is 1.73 bits per heavy atom. The van der Waals surface area contributed by atoms with Crippen LogP contribution in [0.4, 0.5) is 8.78 Å². The lowest BCUT2D eigenvalue weighted by Crippen LogP contribution is -2.42. The topological polar surface area (TPSA) is 84.2 Å². The van der Waals surface area contributed by atoms with Crippen molar-refractivity contribution in [2.75, 3.05) is 6.26 Å². The molecular weight excluding hydrogens is 532 g/mol. The van der Waals surface area contributed by atoms with Crippen LogP contribution in [0.3, 0.4) is 0 Å². The van der Waals surface area contributed by atoms with Crippen LogP contribution in [-0.4, -0.2) is 44.1 Å².